The zero-order valence-corrected chi connectivity index (χ0v) is 17.8. The molecule has 0 fully saturated rings. The second-order valence-electron chi connectivity index (χ2n) is 7.34. The number of rotatable bonds is 9. The van der Waals surface area contributed by atoms with Crippen LogP contribution in [0.1, 0.15) is 28.5 Å². The van der Waals surface area contributed by atoms with E-state index in [-0.39, 0.29) is 5.38 Å². The van der Waals surface area contributed by atoms with Crippen LogP contribution in [0.15, 0.2) is 84.9 Å². The molecule has 0 aromatic heterocycles. The number of ether oxygens (including phenoxy) is 1. The van der Waals surface area contributed by atoms with E-state index < -0.39 is 0 Å². The number of allylic oxidation sites excluding steroid dienone is 1. The molecule has 3 aromatic rings. The molecule has 3 rings (SSSR count). The van der Waals surface area contributed by atoms with Crippen molar-refractivity contribution in [3.05, 3.63) is 102 Å². The monoisotopic (exact) mass is 405 g/mol. The van der Waals surface area contributed by atoms with Gasteiger partial charge >= 0.3 is 0 Å². The molecule has 3 heteroatoms. The average molecular weight is 406 g/mol. The van der Waals surface area contributed by atoms with E-state index in [4.69, 9.17) is 16.3 Å². The van der Waals surface area contributed by atoms with Gasteiger partial charge in [0.25, 0.3) is 0 Å². The van der Waals surface area contributed by atoms with Crippen molar-refractivity contribution in [3.8, 4) is 5.75 Å². The summed E-state index contributed by atoms with van der Waals surface area (Å²) >= 11 is 6.83. The van der Waals surface area contributed by atoms with E-state index in [1.807, 2.05) is 38.4 Å². The normalized spacial score (nSPS) is 12.8. The number of likely N-dealkylation sites (N-methyl/N-ethyl adjacent to an activating group) is 1. The summed E-state index contributed by atoms with van der Waals surface area (Å²) in [5.41, 5.74) is 4.70. The fourth-order valence-electron chi connectivity index (χ4n) is 3.09. The lowest BCUT2D eigenvalue weighted by atomic mass is 9.96. The Labute approximate surface area is 179 Å². The molecule has 0 aliphatic heterocycles. The molecule has 0 amide bonds. The molecule has 0 saturated heterocycles. The zero-order valence-electron chi connectivity index (χ0n) is 17.1. The van der Waals surface area contributed by atoms with E-state index >= 15 is 0 Å². The first-order valence-corrected chi connectivity index (χ1v) is 10.4. The van der Waals surface area contributed by atoms with Crippen LogP contribution < -0.4 is 4.74 Å². The number of halogens is 1. The summed E-state index contributed by atoms with van der Waals surface area (Å²) in [6.45, 7) is 1.57. The van der Waals surface area contributed by atoms with Gasteiger partial charge in [-0.1, -0.05) is 78.9 Å². The van der Waals surface area contributed by atoms with Crippen molar-refractivity contribution in [1.82, 2.24) is 4.90 Å². The first-order chi connectivity index (χ1) is 14.1. The van der Waals surface area contributed by atoms with Crippen LogP contribution in [-0.2, 0) is 0 Å². The van der Waals surface area contributed by atoms with E-state index in [9.17, 15) is 0 Å². The minimum atomic E-state index is -0.110. The molecular formula is C26H28ClNO. The Morgan fingerprint density at radius 2 is 1.52 bits per heavy atom. The molecule has 1 atom stereocenters. The maximum absolute atomic E-state index is 6.83. The van der Waals surface area contributed by atoms with E-state index in [0.717, 1.165) is 24.3 Å². The quantitative estimate of drug-likeness (QED) is 0.296. The third-order valence-corrected chi connectivity index (χ3v) is 5.14. The van der Waals surface area contributed by atoms with Gasteiger partial charge in [-0.05, 0) is 54.9 Å². The van der Waals surface area contributed by atoms with Crippen LogP contribution in [-0.4, -0.2) is 32.1 Å². The second kappa shape index (κ2) is 10.8. The van der Waals surface area contributed by atoms with Crippen molar-refractivity contribution in [3.63, 3.8) is 0 Å². The molecule has 0 heterocycles. The molecule has 150 valence electrons. The van der Waals surface area contributed by atoms with E-state index in [1.165, 1.54) is 16.7 Å². The Kier molecular flexibility index (Phi) is 7.92. The highest BCUT2D eigenvalue weighted by atomic mass is 35.5. The van der Waals surface area contributed by atoms with Gasteiger partial charge in [0, 0.05) is 6.54 Å². The number of nitrogens with zero attached hydrogens (tertiary/aromatic N) is 1. The van der Waals surface area contributed by atoms with E-state index in [1.54, 1.807) is 0 Å². The predicted molar refractivity (Wildman–Crippen MR) is 124 cm³/mol. The maximum Gasteiger partial charge on any atom is 0.119 e. The number of alkyl halides is 1. The van der Waals surface area contributed by atoms with E-state index in [2.05, 4.69) is 71.6 Å². The lowest BCUT2D eigenvalue weighted by molar-refractivity contribution is 0.261. The summed E-state index contributed by atoms with van der Waals surface area (Å²) in [4.78, 5) is 2.10. The molecule has 3 aromatic carbocycles. The number of hydrogen-bond acceptors (Lipinski definition) is 2. The highest BCUT2D eigenvalue weighted by molar-refractivity contribution is 6.21. The summed E-state index contributed by atoms with van der Waals surface area (Å²) in [7, 11) is 4.08. The summed E-state index contributed by atoms with van der Waals surface area (Å²) in [6, 6.07) is 29.0. The summed E-state index contributed by atoms with van der Waals surface area (Å²) in [5, 5.41) is -0.110. The third-order valence-electron chi connectivity index (χ3n) is 4.73. The standard InChI is InChI=1S/C26H28ClNO/c1-28(2)17-18-29-25-15-13-23(14-16-25)26(27)20-24(22-11-7-4-8-12-22)19-21-9-5-3-6-10-21/h3-16,19,26H,17-18,20H2,1-2H3/b24-19+. The topological polar surface area (TPSA) is 12.5 Å². The molecule has 0 saturated carbocycles. The van der Waals surface area contributed by atoms with Gasteiger partial charge in [-0.2, -0.15) is 0 Å². The Hall–Kier alpha value is -2.55. The van der Waals surface area contributed by atoms with Crippen molar-refractivity contribution < 1.29 is 4.74 Å². The first-order valence-electron chi connectivity index (χ1n) is 9.94. The van der Waals surface area contributed by atoms with Crippen molar-refractivity contribution in [2.75, 3.05) is 27.2 Å². The average Bonchev–Trinajstić information content (AvgIpc) is 2.75. The zero-order chi connectivity index (χ0) is 20.5. The van der Waals surface area contributed by atoms with Crippen molar-refractivity contribution in [1.29, 1.82) is 0 Å². The van der Waals surface area contributed by atoms with Crippen LogP contribution >= 0.6 is 11.6 Å². The van der Waals surface area contributed by atoms with Crippen LogP contribution in [0.5, 0.6) is 5.75 Å². The molecular weight excluding hydrogens is 378 g/mol. The minimum Gasteiger partial charge on any atom is -0.492 e. The molecule has 0 radical (unpaired) electrons. The summed E-state index contributed by atoms with van der Waals surface area (Å²) in [5.74, 6) is 0.877. The molecule has 0 bridgehead atoms. The third kappa shape index (κ3) is 6.77. The molecule has 29 heavy (non-hydrogen) atoms. The van der Waals surface area contributed by atoms with Gasteiger partial charge in [-0.15, -0.1) is 11.6 Å². The molecule has 0 spiro atoms. The highest BCUT2D eigenvalue weighted by Gasteiger charge is 2.13. The minimum absolute atomic E-state index is 0.110. The fraction of sp³-hybridized carbons (Fsp3) is 0.231. The van der Waals surface area contributed by atoms with Crippen LogP contribution in [0.3, 0.4) is 0 Å². The first kappa shape index (κ1) is 21.2. The maximum atomic E-state index is 6.83. The van der Waals surface area contributed by atoms with Crippen molar-refractivity contribution >= 4 is 23.3 Å². The Balaban J connectivity index is 1.73. The van der Waals surface area contributed by atoms with Gasteiger partial charge in [0.2, 0.25) is 0 Å². The van der Waals surface area contributed by atoms with Crippen LogP contribution in [0.25, 0.3) is 11.6 Å². The second-order valence-corrected chi connectivity index (χ2v) is 7.87. The lowest BCUT2D eigenvalue weighted by Gasteiger charge is -2.15. The van der Waals surface area contributed by atoms with E-state index in [0.29, 0.717) is 6.61 Å². The Bertz CT molecular complexity index is 889. The van der Waals surface area contributed by atoms with Gasteiger partial charge in [0.05, 0.1) is 5.38 Å². The smallest absolute Gasteiger partial charge is 0.119 e. The van der Waals surface area contributed by atoms with Gasteiger partial charge in [-0.3, -0.25) is 0 Å². The fourth-order valence-corrected chi connectivity index (χ4v) is 3.40. The Morgan fingerprint density at radius 1 is 0.897 bits per heavy atom. The van der Waals surface area contributed by atoms with Crippen LogP contribution in [0.2, 0.25) is 0 Å². The molecule has 0 N–H and O–H groups in total. The van der Waals surface area contributed by atoms with Crippen LogP contribution in [0, 0.1) is 0 Å². The number of hydrogen-bond donors (Lipinski definition) is 0. The largest absolute Gasteiger partial charge is 0.492 e. The van der Waals surface area contributed by atoms with Gasteiger partial charge in [0.15, 0.2) is 0 Å². The van der Waals surface area contributed by atoms with Crippen molar-refractivity contribution in [2.24, 2.45) is 0 Å². The lowest BCUT2D eigenvalue weighted by Crippen LogP contribution is -2.19. The van der Waals surface area contributed by atoms with Crippen LogP contribution in [0.4, 0.5) is 0 Å². The summed E-state index contributed by atoms with van der Waals surface area (Å²) in [6.07, 6.45) is 2.98. The number of benzene rings is 3. The molecule has 2 nitrogen and oxygen atoms in total. The molecule has 1 unspecified atom stereocenters. The highest BCUT2D eigenvalue weighted by Crippen LogP contribution is 2.34. The van der Waals surface area contributed by atoms with Gasteiger partial charge < -0.3 is 9.64 Å². The van der Waals surface area contributed by atoms with Gasteiger partial charge in [-0.25, -0.2) is 0 Å². The Morgan fingerprint density at radius 3 is 2.14 bits per heavy atom. The SMILES string of the molecule is CN(C)CCOc1ccc(C(Cl)C/C(=C\c2ccccc2)c2ccccc2)cc1. The van der Waals surface area contributed by atoms with Gasteiger partial charge in [0.1, 0.15) is 12.4 Å². The molecule has 0 aliphatic rings. The van der Waals surface area contributed by atoms with Crippen molar-refractivity contribution in [2.45, 2.75) is 11.8 Å². The predicted octanol–water partition coefficient (Wildman–Crippen LogP) is 6.54. The molecule has 0 aliphatic carbocycles. The summed E-state index contributed by atoms with van der Waals surface area (Å²) < 4.78 is 5.78.